The molecule has 5 heteroatoms. The van der Waals surface area contributed by atoms with Gasteiger partial charge in [0, 0.05) is 31.7 Å². The highest BCUT2D eigenvalue weighted by Crippen LogP contribution is 2.36. The van der Waals surface area contributed by atoms with Crippen molar-refractivity contribution in [3.8, 4) is 0 Å². The van der Waals surface area contributed by atoms with Crippen LogP contribution in [-0.2, 0) is 17.6 Å². The van der Waals surface area contributed by atoms with Crippen LogP contribution in [0.25, 0.3) is 0 Å². The van der Waals surface area contributed by atoms with Gasteiger partial charge in [-0.1, -0.05) is 31.2 Å². The average molecular weight is 332 g/mol. The highest BCUT2D eigenvalue weighted by molar-refractivity contribution is 5.74. The smallest absolute Gasteiger partial charge is 0.314 e. The molecule has 0 aromatic heterocycles. The molecule has 0 bridgehead atoms. The largest absolute Gasteiger partial charge is 0.396 e. The quantitative estimate of drug-likeness (QED) is 0.771. The molecule has 2 aliphatic rings. The Morgan fingerprint density at radius 1 is 1.12 bits per heavy atom. The molecule has 5 nitrogen and oxygen atoms in total. The molecule has 1 aliphatic heterocycles. The van der Waals surface area contributed by atoms with Gasteiger partial charge in [0.2, 0.25) is 0 Å². The van der Waals surface area contributed by atoms with E-state index in [9.17, 15) is 9.90 Å². The Bertz CT molecular complexity index is 557. The fraction of sp³-hybridized carbons (Fsp3) is 0.632. The summed E-state index contributed by atoms with van der Waals surface area (Å²) < 4.78 is 5.35. The van der Waals surface area contributed by atoms with E-state index in [0.29, 0.717) is 26.3 Å². The van der Waals surface area contributed by atoms with Gasteiger partial charge in [-0.25, -0.2) is 4.79 Å². The number of urea groups is 1. The van der Waals surface area contributed by atoms with Crippen LogP contribution in [0.15, 0.2) is 24.3 Å². The zero-order chi connectivity index (χ0) is 17.0. The summed E-state index contributed by atoms with van der Waals surface area (Å²) in [6.45, 7) is 4.77. The van der Waals surface area contributed by atoms with Crippen LogP contribution in [0, 0.1) is 10.8 Å². The zero-order valence-electron chi connectivity index (χ0n) is 14.4. The second-order valence-electron chi connectivity index (χ2n) is 7.74. The summed E-state index contributed by atoms with van der Waals surface area (Å²) >= 11 is 0. The van der Waals surface area contributed by atoms with Gasteiger partial charge in [0.1, 0.15) is 0 Å². The van der Waals surface area contributed by atoms with E-state index in [0.717, 1.165) is 25.7 Å². The van der Waals surface area contributed by atoms with Crippen molar-refractivity contribution >= 4 is 6.03 Å². The number of aliphatic hydroxyl groups excluding tert-OH is 1. The van der Waals surface area contributed by atoms with Crippen LogP contribution >= 0.6 is 0 Å². The minimum absolute atomic E-state index is 0.0777. The topological polar surface area (TPSA) is 70.6 Å². The van der Waals surface area contributed by atoms with Crippen LogP contribution in [0.2, 0.25) is 0 Å². The summed E-state index contributed by atoms with van der Waals surface area (Å²) in [7, 11) is 0. The van der Waals surface area contributed by atoms with Crippen LogP contribution in [0.5, 0.6) is 0 Å². The van der Waals surface area contributed by atoms with E-state index in [1.54, 1.807) is 0 Å². The molecule has 0 saturated carbocycles. The predicted molar refractivity (Wildman–Crippen MR) is 92.9 cm³/mol. The van der Waals surface area contributed by atoms with Crippen molar-refractivity contribution in [1.82, 2.24) is 10.6 Å². The predicted octanol–water partition coefficient (Wildman–Crippen LogP) is 1.88. The number of carbonyl (C=O) groups is 1. The van der Waals surface area contributed by atoms with E-state index < -0.39 is 0 Å². The molecule has 3 N–H and O–H groups in total. The number of benzene rings is 1. The van der Waals surface area contributed by atoms with Gasteiger partial charge in [-0.2, -0.15) is 0 Å². The van der Waals surface area contributed by atoms with Crippen molar-refractivity contribution < 1.29 is 14.6 Å². The van der Waals surface area contributed by atoms with Gasteiger partial charge in [0.15, 0.2) is 0 Å². The van der Waals surface area contributed by atoms with Crippen LogP contribution < -0.4 is 10.6 Å². The third kappa shape index (κ3) is 3.90. The molecule has 24 heavy (non-hydrogen) atoms. The number of hydrogen-bond acceptors (Lipinski definition) is 3. The molecule has 0 spiro atoms. The Labute approximate surface area is 143 Å². The molecule has 0 radical (unpaired) electrons. The average Bonchev–Trinajstić information content (AvgIpc) is 2.95. The molecule has 0 atom stereocenters. The highest BCUT2D eigenvalue weighted by atomic mass is 16.5. The van der Waals surface area contributed by atoms with Gasteiger partial charge >= 0.3 is 6.03 Å². The molecule has 1 aromatic carbocycles. The molecule has 1 heterocycles. The third-order valence-corrected chi connectivity index (χ3v) is 5.54. The van der Waals surface area contributed by atoms with Crippen LogP contribution in [-0.4, -0.2) is 44.0 Å². The number of ether oxygens (including phenoxy) is 1. The summed E-state index contributed by atoms with van der Waals surface area (Å²) in [6, 6.07) is 8.36. The van der Waals surface area contributed by atoms with E-state index in [-0.39, 0.29) is 23.5 Å². The monoisotopic (exact) mass is 332 g/mol. The Morgan fingerprint density at radius 2 is 1.71 bits per heavy atom. The van der Waals surface area contributed by atoms with Gasteiger partial charge in [-0.3, -0.25) is 0 Å². The molecular weight excluding hydrogens is 304 g/mol. The number of hydrogen-bond donors (Lipinski definition) is 3. The summed E-state index contributed by atoms with van der Waals surface area (Å²) in [5.74, 6) is 0. The number of amides is 2. The summed E-state index contributed by atoms with van der Waals surface area (Å²) in [6.07, 6.45) is 3.58. The Balaban J connectivity index is 1.46. The number of nitrogens with one attached hydrogen (secondary N) is 2. The normalized spacial score (nSPS) is 21.1. The first kappa shape index (κ1) is 17.2. The molecule has 1 aromatic rings. The van der Waals surface area contributed by atoms with E-state index in [1.165, 1.54) is 11.1 Å². The standard InChI is InChI=1S/C19H28N2O3/c1-18(10-15-4-2-3-5-16(15)11-18)12-20-17(23)21-13-19(14-22)6-8-24-9-7-19/h2-5,22H,6-14H2,1H3,(H2,20,21,23). The van der Waals surface area contributed by atoms with Gasteiger partial charge in [0.05, 0.1) is 6.61 Å². The molecular formula is C19H28N2O3. The SMILES string of the molecule is CC1(CNC(=O)NCC2(CO)CCOCC2)Cc2ccccc2C1. The van der Waals surface area contributed by atoms with Crippen molar-refractivity contribution in [2.45, 2.75) is 32.6 Å². The van der Waals surface area contributed by atoms with Crippen molar-refractivity contribution in [2.24, 2.45) is 10.8 Å². The fourth-order valence-electron chi connectivity index (χ4n) is 3.83. The van der Waals surface area contributed by atoms with Crippen molar-refractivity contribution in [2.75, 3.05) is 32.9 Å². The van der Waals surface area contributed by atoms with Gasteiger partial charge in [-0.05, 0) is 42.2 Å². The lowest BCUT2D eigenvalue weighted by molar-refractivity contribution is -0.0139. The molecule has 0 unspecified atom stereocenters. The van der Waals surface area contributed by atoms with E-state index in [2.05, 4.69) is 41.8 Å². The zero-order valence-corrected chi connectivity index (χ0v) is 14.4. The lowest BCUT2D eigenvalue weighted by atomic mass is 9.81. The molecule has 1 saturated heterocycles. The number of carbonyl (C=O) groups excluding carboxylic acids is 1. The van der Waals surface area contributed by atoms with E-state index in [1.807, 2.05) is 0 Å². The van der Waals surface area contributed by atoms with Gasteiger partial charge in [-0.15, -0.1) is 0 Å². The Morgan fingerprint density at radius 3 is 2.29 bits per heavy atom. The molecule has 3 rings (SSSR count). The van der Waals surface area contributed by atoms with Crippen molar-refractivity contribution in [3.05, 3.63) is 35.4 Å². The van der Waals surface area contributed by atoms with E-state index >= 15 is 0 Å². The maximum absolute atomic E-state index is 12.2. The summed E-state index contributed by atoms with van der Waals surface area (Å²) in [5.41, 5.74) is 2.63. The minimum atomic E-state index is -0.233. The number of aliphatic hydroxyl groups is 1. The first-order valence-electron chi connectivity index (χ1n) is 8.81. The molecule has 132 valence electrons. The van der Waals surface area contributed by atoms with Gasteiger partial charge < -0.3 is 20.5 Å². The molecule has 1 fully saturated rings. The maximum Gasteiger partial charge on any atom is 0.314 e. The second-order valence-corrected chi connectivity index (χ2v) is 7.74. The summed E-state index contributed by atoms with van der Waals surface area (Å²) in [4.78, 5) is 12.2. The first-order valence-corrected chi connectivity index (χ1v) is 8.81. The van der Waals surface area contributed by atoms with Crippen LogP contribution in [0.1, 0.15) is 30.9 Å². The second kappa shape index (κ2) is 7.11. The highest BCUT2D eigenvalue weighted by Gasteiger charge is 2.34. The third-order valence-electron chi connectivity index (χ3n) is 5.54. The maximum atomic E-state index is 12.2. The summed E-state index contributed by atoms with van der Waals surface area (Å²) in [5, 5.41) is 15.6. The van der Waals surface area contributed by atoms with Crippen molar-refractivity contribution in [1.29, 1.82) is 0 Å². The Kier molecular flexibility index (Phi) is 5.11. The first-order chi connectivity index (χ1) is 11.5. The lowest BCUT2D eigenvalue weighted by Gasteiger charge is -2.35. The number of rotatable bonds is 5. The van der Waals surface area contributed by atoms with E-state index in [4.69, 9.17) is 4.74 Å². The fourth-order valence-corrected chi connectivity index (χ4v) is 3.83. The van der Waals surface area contributed by atoms with Crippen LogP contribution in [0.3, 0.4) is 0 Å². The Hall–Kier alpha value is -1.59. The number of fused-ring (bicyclic) bond motifs is 1. The lowest BCUT2D eigenvalue weighted by Crippen LogP contribution is -2.48. The molecule has 1 aliphatic carbocycles. The molecule has 2 amide bonds. The van der Waals surface area contributed by atoms with Crippen LogP contribution in [0.4, 0.5) is 4.79 Å². The minimum Gasteiger partial charge on any atom is -0.396 e. The van der Waals surface area contributed by atoms with Gasteiger partial charge in [0.25, 0.3) is 0 Å². The van der Waals surface area contributed by atoms with Crippen molar-refractivity contribution in [3.63, 3.8) is 0 Å².